The van der Waals surface area contributed by atoms with Gasteiger partial charge in [-0.1, -0.05) is 11.8 Å². The first-order chi connectivity index (χ1) is 8.16. The first-order valence-corrected chi connectivity index (χ1v) is 6.61. The van der Waals surface area contributed by atoms with Gasteiger partial charge in [0.05, 0.1) is 5.92 Å². The van der Waals surface area contributed by atoms with Crippen molar-refractivity contribution in [1.82, 2.24) is 14.8 Å². The molecule has 0 aliphatic heterocycles. The molecule has 2 N–H and O–H groups in total. The number of rotatable bonds is 4. The van der Waals surface area contributed by atoms with Crippen molar-refractivity contribution in [2.45, 2.75) is 42.1 Å². The summed E-state index contributed by atoms with van der Waals surface area (Å²) < 4.78 is 1.67. The summed E-state index contributed by atoms with van der Waals surface area (Å²) in [7, 11) is 0. The van der Waals surface area contributed by atoms with Crippen molar-refractivity contribution in [2.24, 2.45) is 5.92 Å². The van der Waals surface area contributed by atoms with Gasteiger partial charge in [-0.25, -0.2) is 9.89 Å². The predicted octanol–water partition coefficient (Wildman–Crippen LogP) is 0.862. The quantitative estimate of drug-likeness (QED) is 0.833. The van der Waals surface area contributed by atoms with Gasteiger partial charge in [0.1, 0.15) is 0 Å². The molecule has 7 heteroatoms. The molecule has 3 rings (SSSR count). The third-order valence-electron chi connectivity index (χ3n) is 3.37. The van der Waals surface area contributed by atoms with E-state index in [1.165, 1.54) is 11.8 Å². The standard InChI is InChI=1S/C10H13N3O3S/c14-8(15)6-3-4-7(6)17-10-12-11-9(16)13(10)5-1-2-5/h5-7H,1-4H2,(H,11,16)(H,14,15). The SMILES string of the molecule is O=C(O)C1CCC1Sc1n[nH]c(=O)n1C1CC1. The van der Waals surface area contributed by atoms with E-state index in [1.54, 1.807) is 4.57 Å². The van der Waals surface area contributed by atoms with Gasteiger partial charge in [-0.3, -0.25) is 9.36 Å². The van der Waals surface area contributed by atoms with Gasteiger partial charge in [-0.2, -0.15) is 0 Å². The zero-order valence-electron chi connectivity index (χ0n) is 9.13. The summed E-state index contributed by atoms with van der Waals surface area (Å²) in [5.74, 6) is -1.04. The third-order valence-corrected chi connectivity index (χ3v) is 4.73. The van der Waals surface area contributed by atoms with Gasteiger partial charge in [-0.15, -0.1) is 5.10 Å². The van der Waals surface area contributed by atoms with Gasteiger partial charge in [0, 0.05) is 11.3 Å². The Bertz CT molecular complexity index is 505. The fourth-order valence-corrected chi connectivity index (χ4v) is 3.44. The first-order valence-electron chi connectivity index (χ1n) is 5.73. The van der Waals surface area contributed by atoms with E-state index in [9.17, 15) is 9.59 Å². The van der Waals surface area contributed by atoms with E-state index >= 15 is 0 Å². The lowest BCUT2D eigenvalue weighted by molar-refractivity contribution is -0.144. The second-order valence-corrected chi connectivity index (χ2v) is 5.80. The maximum Gasteiger partial charge on any atom is 0.344 e. The van der Waals surface area contributed by atoms with Gasteiger partial charge in [0.25, 0.3) is 0 Å². The summed E-state index contributed by atoms with van der Waals surface area (Å²) >= 11 is 1.42. The molecule has 0 amide bonds. The highest BCUT2D eigenvalue weighted by Gasteiger charge is 2.39. The smallest absolute Gasteiger partial charge is 0.344 e. The molecule has 1 aromatic rings. The van der Waals surface area contributed by atoms with Crippen molar-refractivity contribution in [3.63, 3.8) is 0 Å². The van der Waals surface area contributed by atoms with E-state index < -0.39 is 5.97 Å². The molecule has 0 spiro atoms. The fourth-order valence-electron chi connectivity index (χ4n) is 2.06. The normalized spacial score (nSPS) is 27.8. The molecule has 2 aliphatic rings. The van der Waals surface area contributed by atoms with Crippen LogP contribution in [0.15, 0.2) is 9.95 Å². The number of nitrogens with one attached hydrogen (secondary N) is 1. The molecule has 2 aliphatic carbocycles. The molecule has 2 unspecified atom stereocenters. The van der Waals surface area contributed by atoms with Crippen molar-refractivity contribution in [1.29, 1.82) is 0 Å². The molecule has 2 saturated carbocycles. The van der Waals surface area contributed by atoms with Crippen LogP contribution in [0.1, 0.15) is 31.7 Å². The Morgan fingerprint density at radius 3 is 2.71 bits per heavy atom. The average Bonchev–Trinajstić information content (AvgIpc) is 2.98. The van der Waals surface area contributed by atoms with Crippen LogP contribution in [-0.2, 0) is 4.79 Å². The first kappa shape index (κ1) is 10.9. The van der Waals surface area contributed by atoms with E-state index in [2.05, 4.69) is 10.2 Å². The van der Waals surface area contributed by atoms with Crippen LogP contribution in [-0.4, -0.2) is 31.1 Å². The predicted molar refractivity (Wildman–Crippen MR) is 61.1 cm³/mol. The van der Waals surface area contributed by atoms with E-state index in [4.69, 9.17) is 5.11 Å². The summed E-state index contributed by atoms with van der Waals surface area (Å²) in [6, 6.07) is 0.270. The topological polar surface area (TPSA) is 88.0 Å². The van der Waals surface area contributed by atoms with Crippen molar-refractivity contribution in [3.8, 4) is 0 Å². The van der Waals surface area contributed by atoms with Gasteiger partial charge >= 0.3 is 11.7 Å². The highest BCUT2D eigenvalue weighted by molar-refractivity contribution is 7.99. The van der Waals surface area contributed by atoms with Crippen LogP contribution in [0.25, 0.3) is 0 Å². The highest BCUT2D eigenvalue weighted by Crippen LogP contribution is 2.43. The number of carboxylic acid groups (broad SMARTS) is 1. The Kier molecular flexibility index (Phi) is 2.50. The number of carboxylic acids is 1. The Hall–Kier alpha value is -1.24. The Labute approximate surface area is 101 Å². The largest absolute Gasteiger partial charge is 0.481 e. The number of hydrogen-bond donors (Lipinski definition) is 2. The van der Waals surface area contributed by atoms with Crippen LogP contribution in [0.5, 0.6) is 0 Å². The average molecular weight is 255 g/mol. The van der Waals surface area contributed by atoms with Crippen LogP contribution in [0.2, 0.25) is 0 Å². The van der Waals surface area contributed by atoms with Gasteiger partial charge < -0.3 is 5.11 Å². The van der Waals surface area contributed by atoms with Gasteiger partial charge in [0.15, 0.2) is 5.16 Å². The van der Waals surface area contributed by atoms with Crippen LogP contribution in [0.3, 0.4) is 0 Å². The summed E-state index contributed by atoms with van der Waals surface area (Å²) in [6.45, 7) is 0. The Morgan fingerprint density at radius 2 is 2.18 bits per heavy atom. The number of nitrogens with zero attached hydrogens (tertiary/aromatic N) is 2. The number of aromatic nitrogens is 3. The molecule has 6 nitrogen and oxygen atoms in total. The van der Waals surface area contributed by atoms with E-state index in [0.29, 0.717) is 5.16 Å². The van der Waals surface area contributed by atoms with Crippen molar-refractivity contribution < 1.29 is 9.90 Å². The van der Waals surface area contributed by atoms with E-state index in [0.717, 1.165) is 25.7 Å². The molecule has 0 bridgehead atoms. The summed E-state index contributed by atoms with van der Waals surface area (Å²) in [5, 5.41) is 16.1. The van der Waals surface area contributed by atoms with E-state index in [1.807, 2.05) is 0 Å². The lowest BCUT2D eigenvalue weighted by atomic mass is 9.85. The van der Waals surface area contributed by atoms with Crippen LogP contribution < -0.4 is 5.69 Å². The van der Waals surface area contributed by atoms with Gasteiger partial charge in [-0.05, 0) is 25.7 Å². The van der Waals surface area contributed by atoms with Crippen molar-refractivity contribution >= 4 is 17.7 Å². The second-order valence-electron chi connectivity index (χ2n) is 4.59. The molecule has 1 aromatic heterocycles. The molecule has 0 aromatic carbocycles. The number of thioether (sulfide) groups is 1. The molecule has 92 valence electrons. The number of hydrogen-bond acceptors (Lipinski definition) is 4. The molecular weight excluding hydrogens is 242 g/mol. The Morgan fingerprint density at radius 1 is 1.41 bits per heavy atom. The minimum absolute atomic E-state index is 0.0557. The van der Waals surface area contributed by atoms with Gasteiger partial charge in [0.2, 0.25) is 0 Å². The zero-order chi connectivity index (χ0) is 12.0. The second kappa shape index (κ2) is 3.90. The molecule has 0 radical (unpaired) electrons. The molecule has 0 saturated heterocycles. The lowest BCUT2D eigenvalue weighted by Crippen LogP contribution is -2.35. The number of aliphatic carboxylic acids is 1. The van der Waals surface area contributed by atoms with Crippen LogP contribution in [0, 0.1) is 5.92 Å². The third kappa shape index (κ3) is 1.88. The number of aromatic amines is 1. The minimum atomic E-state index is -0.746. The van der Waals surface area contributed by atoms with E-state index in [-0.39, 0.29) is 22.9 Å². The van der Waals surface area contributed by atoms with Crippen molar-refractivity contribution in [2.75, 3.05) is 0 Å². The van der Waals surface area contributed by atoms with Crippen molar-refractivity contribution in [3.05, 3.63) is 10.5 Å². The molecule has 2 atom stereocenters. The molecule has 1 heterocycles. The maximum atomic E-state index is 11.5. The zero-order valence-corrected chi connectivity index (χ0v) is 9.94. The fraction of sp³-hybridized carbons (Fsp3) is 0.700. The Balaban J connectivity index is 1.77. The summed E-state index contributed by atoms with van der Waals surface area (Å²) in [5.41, 5.74) is -0.179. The lowest BCUT2D eigenvalue weighted by Gasteiger charge is -2.32. The summed E-state index contributed by atoms with van der Waals surface area (Å²) in [6.07, 6.45) is 3.64. The maximum absolute atomic E-state index is 11.5. The summed E-state index contributed by atoms with van der Waals surface area (Å²) in [4.78, 5) is 22.4. The minimum Gasteiger partial charge on any atom is -0.481 e. The number of H-pyrrole nitrogens is 1. The molecule has 2 fully saturated rings. The molecule has 17 heavy (non-hydrogen) atoms. The highest BCUT2D eigenvalue weighted by atomic mass is 32.2. The monoisotopic (exact) mass is 255 g/mol. The molecular formula is C10H13N3O3S. The van der Waals surface area contributed by atoms with Crippen LogP contribution in [0.4, 0.5) is 0 Å². The number of carbonyl (C=O) groups is 1. The van der Waals surface area contributed by atoms with Crippen LogP contribution >= 0.6 is 11.8 Å².